The molecular formula is C38H43N9O6. The van der Waals surface area contributed by atoms with Crippen LogP contribution in [0, 0.1) is 0 Å². The molecule has 4 atom stereocenters. The molecule has 1 fully saturated rings. The summed E-state index contributed by atoms with van der Waals surface area (Å²) in [6.45, 7) is 4.30. The zero-order valence-electron chi connectivity index (χ0n) is 29.3. The molecule has 6 aromatic rings. The Morgan fingerprint density at radius 2 is 1.55 bits per heavy atom. The van der Waals surface area contributed by atoms with Gasteiger partial charge in [0.1, 0.15) is 25.0 Å². The number of imidazole rings is 1. The number of fused-ring (bicyclic) bond motifs is 1. The normalized spacial score (nSPS) is 18.2. The van der Waals surface area contributed by atoms with Gasteiger partial charge in [-0.2, -0.15) is 15.1 Å². The minimum atomic E-state index is -1.33. The Morgan fingerprint density at radius 1 is 0.925 bits per heavy atom. The van der Waals surface area contributed by atoms with Gasteiger partial charge >= 0.3 is 0 Å². The van der Waals surface area contributed by atoms with Crippen molar-refractivity contribution in [3.63, 3.8) is 0 Å². The van der Waals surface area contributed by atoms with Crippen molar-refractivity contribution in [3.8, 4) is 0 Å². The van der Waals surface area contributed by atoms with Gasteiger partial charge in [-0.05, 0) is 23.1 Å². The fourth-order valence-electron chi connectivity index (χ4n) is 6.28. The SMILES string of the molecule is CC(C)c1n[nH]c([C@H]2O[C@@H](n3cnc4c(NCC(c5ccccc5)c5ccccc5)nc(N(CO)CCc5ccccc5)nc43)[C@H](O)[C@@H]2O)n1.O=CO. The standard InChI is InChI=1S/C37H41N9O4.CH2O2/c1-23(2)32-40-34(44-43-32)31-29(48)30(49)36(50-31)46-21-39-28-33(38-20-27(25-14-8-4-9-15-25)26-16-10-5-11-17-26)41-37(42-35(28)46)45(22-47)19-18-24-12-6-3-7-13-24;2-1-3/h3-17,21,23,27,29-31,36,47-49H,18-20,22H2,1-2H3,(H,38,41,42)(H,40,43,44);1H,(H,2,3)/t29-,30+,31-,36+;/m0./s1. The second-order valence-electron chi connectivity index (χ2n) is 12.9. The molecule has 0 bridgehead atoms. The smallest absolute Gasteiger partial charge is 0.290 e. The quantitative estimate of drug-likeness (QED) is 0.0737. The van der Waals surface area contributed by atoms with Gasteiger partial charge in [-0.3, -0.25) is 14.5 Å². The summed E-state index contributed by atoms with van der Waals surface area (Å²) in [5.74, 6) is 1.70. The molecule has 15 heteroatoms. The summed E-state index contributed by atoms with van der Waals surface area (Å²) in [5.41, 5.74) is 4.20. The van der Waals surface area contributed by atoms with E-state index in [4.69, 9.17) is 24.6 Å². The second-order valence-corrected chi connectivity index (χ2v) is 12.9. The molecule has 15 nitrogen and oxygen atoms in total. The van der Waals surface area contributed by atoms with Crippen molar-refractivity contribution in [2.75, 3.05) is 30.0 Å². The number of hydrogen-bond acceptors (Lipinski definition) is 12. The van der Waals surface area contributed by atoms with Crippen LogP contribution in [0.2, 0.25) is 0 Å². The highest BCUT2D eigenvalue weighted by atomic mass is 16.6. The molecule has 1 saturated heterocycles. The predicted octanol–water partition coefficient (Wildman–Crippen LogP) is 4.00. The van der Waals surface area contributed by atoms with E-state index in [0.717, 1.165) is 16.7 Å². The molecule has 7 rings (SSSR count). The number of anilines is 2. The van der Waals surface area contributed by atoms with E-state index in [1.54, 1.807) is 9.47 Å². The summed E-state index contributed by atoms with van der Waals surface area (Å²) in [6, 6.07) is 30.5. The Bertz CT molecular complexity index is 2010. The second kappa shape index (κ2) is 17.2. The van der Waals surface area contributed by atoms with Crippen LogP contribution in [0.15, 0.2) is 97.3 Å². The maximum atomic E-state index is 11.3. The van der Waals surface area contributed by atoms with Crippen LogP contribution in [-0.2, 0) is 16.0 Å². The maximum absolute atomic E-state index is 11.3. The van der Waals surface area contributed by atoms with Crippen LogP contribution in [0.25, 0.3) is 11.2 Å². The minimum absolute atomic E-state index is 0.00601. The third-order valence-electron chi connectivity index (χ3n) is 9.07. The van der Waals surface area contributed by atoms with E-state index >= 15 is 0 Å². The molecule has 0 unspecified atom stereocenters. The summed E-state index contributed by atoms with van der Waals surface area (Å²) in [4.78, 5) is 29.0. The van der Waals surface area contributed by atoms with Gasteiger partial charge in [-0.1, -0.05) is 105 Å². The Labute approximate surface area is 306 Å². The van der Waals surface area contributed by atoms with Gasteiger partial charge in [0.05, 0.1) is 6.33 Å². The zero-order valence-corrected chi connectivity index (χ0v) is 29.3. The lowest BCUT2D eigenvalue weighted by molar-refractivity contribution is -0.122. The Hall–Kier alpha value is -5.74. The molecule has 0 aliphatic carbocycles. The third kappa shape index (κ3) is 8.34. The lowest BCUT2D eigenvalue weighted by Gasteiger charge is -2.23. The van der Waals surface area contributed by atoms with Crippen LogP contribution >= 0.6 is 0 Å². The monoisotopic (exact) mass is 721 g/mol. The first-order chi connectivity index (χ1) is 25.8. The van der Waals surface area contributed by atoms with E-state index in [9.17, 15) is 15.3 Å². The Morgan fingerprint density at radius 3 is 2.13 bits per heavy atom. The zero-order chi connectivity index (χ0) is 37.3. The van der Waals surface area contributed by atoms with E-state index < -0.39 is 24.5 Å². The van der Waals surface area contributed by atoms with Crippen molar-refractivity contribution < 1.29 is 30.0 Å². The number of benzene rings is 3. The summed E-state index contributed by atoms with van der Waals surface area (Å²) < 4.78 is 7.84. The summed E-state index contributed by atoms with van der Waals surface area (Å²) >= 11 is 0. The highest BCUT2D eigenvalue weighted by Gasteiger charge is 2.46. The molecule has 0 amide bonds. The predicted molar refractivity (Wildman–Crippen MR) is 197 cm³/mol. The molecule has 6 N–H and O–H groups in total. The lowest BCUT2D eigenvalue weighted by atomic mass is 9.91. The minimum Gasteiger partial charge on any atom is -0.483 e. The van der Waals surface area contributed by atoms with Crippen LogP contribution in [-0.4, -0.2) is 93.6 Å². The molecule has 3 aromatic carbocycles. The fraction of sp³-hybridized carbons (Fsp3) is 0.316. The number of hydrogen-bond donors (Lipinski definition) is 6. The van der Waals surface area contributed by atoms with Crippen molar-refractivity contribution in [3.05, 3.63) is 126 Å². The van der Waals surface area contributed by atoms with Crippen LogP contribution in [0.3, 0.4) is 0 Å². The van der Waals surface area contributed by atoms with E-state index in [0.29, 0.717) is 48.1 Å². The number of nitrogens with zero attached hydrogens (tertiary/aromatic N) is 7. The third-order valence-corrected chi connectivity index (χ3v) is 9.07. The molecule has 0 spiro atoms. The number of aliphatic hydroxyl groups excluding tert-OH is 3. The number of H-pyrrole nitrogens is 1. The summed E-state index contributed by atoms with van der Waals surface area (Å²) in [6.07, 6.45) is -2.44. The van der Waals surface area contributed by atoms with E-state index in [1.165, 1.54) is 6.33 Å². The number of aliphatic hydroxyl groups is 3. The van der Waals surface area contributed by atoms with E-state index in [1.807, 2.05) is 80.6 Å². The van der Waals surface area contributed by atoms with Gasteiger partial charge < -0.3 is 35.4 Å². The summed E-state index contributed by atoms with van der Waals surface area (Å²) in [5, 5.41) is 50.4. The van der Waals surface area contributed by atoms with Gasteiger partial charge in [0.15, 0.2) is 34.9 Å². The highest BCUT2D eigenvalue weighted by molar-refractivity contribution is 5.84. The average Bonchev–Trinajstić information content (AvgIpc) is 3.92. The van der Waals surface area contributed by atoms with Crippen LogP contribution in [0.1, 0.15) is 66.4 Å². The van der Waals surface area contributed by atoms with Crippen LogP contribution in [0.5, 0.6) is 0 Å². The van der Waals surface area contributed by atoms with Crippen LogP contribution in [0.4, 0.5) is 11.8 Å². The Balaban J connectivity index is 0.00000155. The number of carboxylic acid groups (broad SMARTS) is 1. The maximum Gasteiger partial charge on any atom is 0.290 e. The first kappa shape index (κ1) is 37.0. The van der Waals surface area contributed by atoms with Gasteiger partial charge in [0, 0.05) is 24.9 Å². The number of rotatable bonds is 13. The van der Waals surface area contributed by atoms with Crippen molar-refractivity contribution in [1.82, 2.24) is 34.7 Å². The van der Waals surface area contributed by atoms with Crippen LogP contribution < -0.4 is 10.2 Å². The lowest BCUT2D eigenvalue weighted by Crippen LogP contribution is -2.30. The molecular weight excluding hydrogens is 678 g/mol. The number of carbonyl (C=O) groups is 1. The first-order valence-corrected chi connectivity index (χ1v) is 17.3. The van der Waals surface area contributed by atoms with Gasteiger partial charge in [-0.15, -0.1) is 0 Å². The summed E-state index contributed by atoms with van der Waals surface area (Å²) in [7, 11) is 0. The number of nitrogens with one attached hydrogen (secondary N) is 2. The largest absolute Gasteiger partial charge is 0.483 e. The molecule has 4 heterocycles. The van der Waals surface area contributed by atoms with E-state index in [-0.39, 0.29) is 31.0 Å². The average molecular weight is 722 g/mol. The van der Waals surface area contributed by atoms with Crippen molar-refractivity contribution in [1.29, 1.82) is 0 Å². The van der Waals surface area contributed by atoms with Crippen molar-refractivity contribution in [2.24, 2.45) is 0 Å². The molecule has 1 aliphatic heterocycles. The Kier molecular flexibility index (Phi) is 12.0. The van der Waals surface area contributed by atoms with Gasteiger partial charge in [0.25, 0.3) is 6.47 Å². The number of aromatic amines is 1. The number of aromatic nitrogens is 7. The first-order valence-electron chi connectivity index (χ1n) is 17.3. The van der Waals surface area contributed by atoms with Gasteiger partial charge in [-0.25, -0.2) is 9.97 Å². The fourth-order valence-corrected chi connectivity index (χ4v) is 6.28. The van der Waals surface area contributed by atoms with Crippen molar-refractivity contribution >= 4 is 29.4 Å². The molecule has 1 aliphatic rings. The molecule has 3 aromatic heterocycles. The number of ether oxygens (including phenoxy) is 1. The van der Waals surface area contributed by atoms with E-state index in [2.05, 4.69) is 49.7 Å². The topological polar surface area (TPSA) is 208 Å². The van der Waals surface area contributed by atoms with Gasteiger partial charge in [0.2, 0.25) is 5.95 Å². The van der Waals surface area contributed by atoms with Crippen molar-refractivity contribution in [2.45, 2.75) is 56.6 Å². The molecule has 0 radical (unpaired) electrons. The molecule has 276 valence electrons. The highest BCUT2D eigenvalue weighted by Crippen LogP contribution is 2.39. The molecule has 53 heavy (non-hydrogen) atoms. The molecule has 0 saturated carbocycles.